The van der Waals surface area contributed by atoms with Crippen molar-refractivity contribution in [2.45, 2.75) is 17.7 Å². The smallest absolute Gasteiger partial charge is 0.221 e. The van der Waals surface area contributed by atoms with Gasteiger partial charge in [-0.3, -0.25) is 0 Å². The molecule has 4 heteroatoms. The number of nitrogens with zero attached hydrogens (tertiary/aromatic N) is 2. The van der Waals surface area contributed by atoms with Gasteiger partial charge in [0.15, 0.2) is 0 Å². The Bertz CT molecular complexity index is 756. The van der Waals surface area contributed by atoms with Gasteiger partial charge < -0.3 is 5.73 Å². The first-order valence-corrected chi connectivity index (χ1v) is 7.41. The van der Waals surface area contributed by atoms with Crippen LogP contribution in [0.25, 0.3) is 10.9 Å². The van der Waals surface area contributed by atoms with Crippen molar-refractivity contribution in [3.05, 3.63) is 59.7 Å². The molecule has 0 bridgehead atoms. The quantitative estimate of drug-likeness (QED) is 0.586. The number of nitrogen functional groups attached to an aromatic ring is 1. The van der Waals surface area contributed by atoms with Crippen molar-refractivity contribution >= 4 is 28.6 Å². The molecule has 0 radical (unpaired) electrons. The van der Waals surface area contributed by atoms with Crippen LogP contribution < -0.4 is 5.73 Å². The van der Waals surface area contributed by atoms with Gasteiger partial charge >= 0.3 is 0 Å². The first-order chi connectivity index (χ1) is 9.72. The lowest BCUT2D eigenvalue weighted by Crippen LogP contribution is -1.97. The Kier molecular flexibility index (Phi) is 3.56. The second-order valence-corrected chi connectivity index (χ2v) is 5.65. The lowest BCUT2D eigenvalue weighted by molar-refractivity contribution is 1.12. The van der Waals surface area contributed by atoms with Crippen LogP contribution in [0.1, 0.15) is 11.1 Å². The van der Waals surface area contributed by atoms with E-state index in [9.17, 15) is 0 Å². The molecule has 0 atom stereocenters. The number of para-hydroxylation sites is 1. The maximum atomic E-state index is 5.78. The van der Waals surface area contributed by atoms with Crippen LogP contribution in [0.15, 0.2) is 53.6 Å². The SMILES string of the molecule is Cc1cccc(CSc2nc(N)nc3ccccc23)c1. The third-order valence-electron chi connectivity index (χ3n) is 3.04. The standard InChI is InChI=1S/C16H15N3S/c1-11-5-4-6-12(9-11)10-20-15-13-7-2-3-8-14(13)18-16(17)19-15/h2-9H,10H2,1H3,(H2,17,18,19). The van der Waals surface area contributed by atoms with Crippen LogP contribution in [0.2, 0.25) is 0 Å². The maximum Gasteiger partial charge on any atom is 0.221 e. The summed E-state index contributed by atoms with van der Waals surface area (Å²) in [5, 5.41) is 1.99. The molecule has 2 N–H and O–H groups in total. The molecule has 0 saturated heterocycles. The summed E-state index contributed by atoms with van der Waals surface area (Å²) < 4.78 is 0. The summed E-state index contributed by atoms with van der Waals surface area (Å²) >= 11 is 1.69. The Balaban J connectivity index is 1.91. The van der Waals surface area contributed by atoms with Crippen molar-refractivity contribution in [3.8, 4) is 0 Å². The summed E-state index contributed by atoms with van der Waals surface area (Å²) in [5.74, 6) is 1.21. The molecule has 1 heterocycles. The number of aryl methyl sites for hydroxylation is 1. The zero-order chi connectivity index (χ0) is 13.9. The molecule has 3 rings (SSSR count). The number of benzene rings is 2. The molecule has 0 aliphatic carbocycles. The summed E-state index contributed by atoms with van der Waals surface area (Å²) in [6.07, 6.45) is 0. The van der Waals surface area contributed by atoms with Crippen LogP contribution in [-0.2, 0) is 5.75 Å². The van der Waals surface area contributed by atoms with E-state index in [0.29, 0.717) is 5.95 Å². The van der Waals surface area contributed by atoms with Gasteiger partial charge in [-0.1, -0.05) is 48.0 Å². The highest BCUT2D eigenvalue weighted by Crippen LogP contribution is 2.28. The van der Waals surface area contributed by atoms with E-state index < -0.39 is 0 Å². The summed E-state index contributed by atoms with van der Waals surface area (Å²) in [6.45, 7) is 2.10. The Hall–Kier alpha value is -2.07. The van der Waals surface area contributed by atoms with Crippen LogP contribution in [-0.4, -0.2) is 9.97 Å². The lowest BCUT2D eigenvalue weighted by Gasteiger charge is -2.06. The van der Waals surface area contributed by atoms with Crippen LogP contribution in [0.4, 0.5) is 5.95 Å². The van der Waals surface area contributed by atoms with Crippen molar-refractivity contribution < 1.29 is 0 Å². The minimum atomic E-state index is 0.329. The molecule has 1 aromatic heterocycles. The minimum Gasteiger partial charge on any atom is -0.368 e. The van der Waals surface area contributed by atoms with Crippen LogP contribution in [0.5, 0.6) is 0 Å². The molecule has 100 valence electrons. The van der Waals surface area contributed by atoms with Crippen molar-refractivity contribution in [2.24, 2.45) is 0 Å². The highest BCUT2D eigenvalue weighted by Gasteiger charge is 2.06. The molecule has 2 aromatic carbocycles. The van der Waals surface area contributed by atoms with Gasteiger partial charge in [0.1, 0.15) is 5.03 Å². The first kappa shape index (κ1) is 12.9. The van der Waals surface area contributed by atoms with Crippen LogP contribution >= 0.6 is 11.8 Å². The van der Waals surface area contributed by atoms with E-state index in [1.54, 1.807) is 11.8 Å². The third-order valence-corrected chi connectivity index (χ3v) is 4.11. The molecule has 0 aliphatic rings. The fourth-order valence-corrected chi connectivity index (χ4v) is 3.10. The normalized spacial score (nSPS) is 10.8. The number of hydrogen-bond donors (Lipinski definition) is 1. The van der Waals surface area contributed by atoms with Crippen molar-refractivity contribution in [1.29, 1.82) is 0 Å². The van der Waals surface area contributed by atoms with Gasteiger partial charge in [0, 0.05) is 11.1 Å². The summed E-state index contributed by atoms with van der Waals surface area (Å²) in [5.41, 5.74) is 9.24. The van der Waals surface area contributed by atoms with E-state index in [0.717, 1.165) is 21.7 Å². The average Bonchev–Trinajstić information content (AvgIpc) is 2.44. The molecule has 0 spiro atoms. The number of aromatic nitrogens is 2. The monoisotopic (exact) mass is 281 g/mol. The second-order valence-electron chi connectivity index (χ2n) is 4.68. The summed E-state index contributed by atoms with van der Waals surface area (Å²) in [7, 11) is 0. The van der Waals surface area contributed by atoms with Crippen molar-refractivity contribution in [3.63, 3.8) is 0 Å². The number of nitrogens with two attached hydrogens (primary N) is 1. The number of anilines is 1. The fraction of sp³-hybridized carbons (Fsp3) is 0.125. The van der Waals surface area contributed by atoms with E-state index in [2.05, 4.69) is 41.2 Å². The minimum absolute atomic E-state index is 0.329. The van der Waals surface area contributed by atoms with Crippen LogP contribution in [0, 0.1) is 6.92 Å². The Labute approximate surface area is 122 Å². The van der Waals surface area contributed by atoms with Gasteiger partial charge in [0.2, 0.25) is 5.95 Å². The van der Waals surface area contributed by atoms with E-state index in [4.69, 9.17) is 5.73 Å². The van der Waals surface area contributed by atoms with Gasteiger partial charge in [0.05, 0.1) is 5.52 Å². The molecule has 3 aromatic rings. The molecule has 3 nitrogen and oxygen atoms in total. The van der Waals surface area contributed by atoms with E-state index >= 15 is 0 Å². The van der Waals surface area contributed by atoms with Gasteiger partial charge in [-0.15, -0.1) is 11.8 Å². The van der Waals surface area contributed by atoms with Crippen molar-refractivity contribution in [1.82, 2.24) is 9.97 Å². The third kappa shape index (κ3) is 2.75. The largest absolute Gasteiger partial charge is 0.368 e. The molecule has 20 heavy (non-hydrogen) atoms. The fourth-order valence-electron chi connectivity index (χ4n) is 2.13. The topological polar surface area (TPSA) is 51.8 Å². The van der Waals surface area contributed by atoms with Crippen molar-refractivity contribution in [2.75, 3.05) is 5.73 Å². The molecular formula is C16H15N3S. The Morgan fingerprint density at radius 1 is 1.05 bits per heavy atom. The molecule has 0 unspecified atom stereocenters. The molecule has 0 fully saturated rings. The molecule has 0 saturated carbocycles. The Morgan fingerprint density at radius 2 is 1.90 bits per heavy atom. The van der Waals surface area contributed by atoms with E-state index in [1.165, 1.54) is 11.1 Å². The zero-order valence-electron chi connectivity index (χ0n) is 11.2. The number of fused-ring (bicyclic) bond motifs is 1. The lowest BCUT2D eigenvalue weighted by atomic mass is 10.2. The number of thioether (sulfide) groups is 1. The van der Waals surface area contributed by atoms with Gasteiger partial charge in [-0.05, 0) is 18.6 Å². The predicted molar refractivity (Wildman–Crippen MR) is 84.7 cm³/mol. The molecule has 0 aliphatic heterocycles. The van der Waals surface area contributed by atoms with Gasteiger partial charge in [-0.25, -0.2) is 9.97 Å². The Morgan fingerprint density at radius 3 is 2.75 bits per heavy atom. The second kappa shape index (κ2) is 5.51. The van der Waals surface area contributed by atoms with Gasteiger partial charge in [-0.2, -0.15) is 0 Å². The average molecular weight is 281 g/mol. The zero-order valence-corrected chi connectivity index (χ0v) is 12.0. The van der Waals surface area contributed by atoms with E-state index in [-0.39, 0.29) is 0 Å². The first-order valence-electron chi connectivity index (χ1n) is 6.43. The highest BCUT2D eigenvalue weighted by atomic mass is 32.2. The maximum absolute atomic E-state index is 5.78. The van der Waals surface area contributed by atoms with E-state index in [1.807, 2.05) is 24.3 Å². The van der Waals surface area contributed by atoms with Crippen LogP contribution in [0.3, 0.4) is 0 Å². The van der Waals surface area contributed by atoms with Gasteiger partial charge in [0.25, 0.3) is 0 Å². The molecule has 0 amide bonds. The molecular weight excluding hydrogens is 266 g/mol. The highest BCUT2D eigenvalue weighted by molar-refractivity contribution is 7.98. The number of rotatable bonds is 3. The summed E-state index contributed by atoms with van der Waals surface area (Å²) in [4.78, 5) is 8.63. The predicted octanol–water partition coefficient (Wildman–Crippen LogP) is 3.81. The number of hydrogen-bond acceptors (Lipinski definition) is 4. The summed E-state index contributed by atoms with van der Waals surface area (Å²) in [6, 6.07) is 16.5.